The summed E-state index contributed by atoms with van der Waals surface area (Å²) in [6.45, 7) is 11.3. The minimum Gasteiger partial charge on any atom is -0.362 e. The molecular weight excluding hydrogens is 254 g/mol. The van der Waals surface area contributed by atoms with Gasteiger partial charge in [-0.25, -0.2) is 0 Å². The number of para-hydroxylation sites is 1. The van der Waals surface area contributed by atoms with Gasteiger partial charge in [-0.15, -0.1) is 0 Å². The average Bonchev–Trinajstić information content (AvgIpc) is 2.89. The number of anilines is 1. The van der Waals surface area contributed by atoms with Gasteiger partial charge in [0.05, 0.1) is 0 Å². The minimum atomic E-state index is 0.558. The predicted molar refractivity (Wildman–Crippen MR) is 90.9 cm³/mol. The van der Waals surface area contributed by atoms with Crippen LogP contribution in [0.5, 0.6) is 0 Å². The third-order valence-electron chi connectivity index (χ3n) is 4.50. The van der Waals surface area contributed by atoms with Crippen molar-refractivity contribution in [1.29, 1.82) is 0 Å². The minimum absolute atomic E-state index is 0.558. The maximum atomic E-state index is 2.56. The standard InChI is InChI=1S/C20H25N/c1-14(2)18-10-7-11-19(15(3)4)20(18)21-12-16-8-5-6-9-17(16)13-21/h5-11,14-15H,12-13H2,1-4H3. The Balaban J connectivity index is 2.06. The third kappa shape index (κ3) is 2.57. The molecule has 0 radical (unpaired) electrons. The molecule has 0 aliphatic carbocycles. The molecule has 1 aliphatic rings. The van der Waals surface area contributed by atoms with E-state index in [2.05, 4.69) is 75.1 Å². The molecule has 0 N–H and O–H groups in total. The Morgan fingerprint density at radius 1 is 0.714 bits per heavy atom. The van der Waals surface area contributed by atoms with Crippen molar-refractivity contribution < 1.29 is 0 Å². The Hall–Kier alpha value is -1.76. The number of benzene rings is 2. The first-order chi connectivity index (χ1) is 10.1. The van der Waals surface area contributed by atoms with E-state index < -0.39 is 0 Å². The zero-order chi connectivity index (χ0) is 15.0. The van der Waals surface area contributed by atoms with Crippen LogP contribution in [0.3, 0.4) is 0 Å². The van der Waals surface area contributed by atoms with E-state index in [0.29, 0.717) is 11.8 Å². The molecule has 0 unspecified atom stereocenters. The van der Waals surface area contributed by atoms with E-state index in [1.165, 1.54) is 27.9 Å². The molecule has 1 heterocycles. The van der Waals surface area contributed by atoms with Gasteiger partial charge in [-0.2, -0.15) is 0 Å². The van der Waals surface area contributed by atoms with Crippen LogP contribution in [0.4, 0.5) is 5.69 Å². The van der Waals surface area contributed by atoms with Crippen LogP contribution in [-0.2, 0) is 13.1 Å². The maximum absolute atomic E-state index is 2.56. The highest BCUT2D eigenvalue weighted by Gasteiger charge is 2.24. The summed E-state index contributed by atoms with van der Waals surface area (Å²) in [4.78, 5) is 2.56. The highest BCUT2D eigenvalue weighted by atomic mass is 15.1. The summed E-state index contributed by atoms with van der Waals surface area (Å²) in [7, 11) is 0. The molecule has 2 aromatic carbocycles. The second-order valence-electron chi connectivity index (χ2n) is 6.72. The monoisotopic (exact) mass is 279 g/mol. The lowest BCUT2D eigenvalue weighted by Gasteiger charge is -2.28. The molecule has 0 atom stereocenters. The molecule has 0 spiro atoms. The van der Waals surface area contributed by atoms with E-state index in [0.717, 1.165) is 13.1 Å². The van der Waals surface area contributed by atoms with Crippen molar-refractivity contribution in [1.82, 2.24) is 0 Å². The molecule has 110 valence electrons. The molecule has 2 aromatic rings. The van der Waals surface area contributed by atoms with Gasteiger partial charge in [0.2, 0.25) is 0 Å². The van der Waals surface area contributed by atoms with E-state index in [1.807, 2.05) is 0 Å². The summed E-state index contributed by atoms with van der Waals surface area (Å²) in [5.74, 6) is 1.12. The summed E-state index contributed by atoms with van der Waals surface area (Å²) < 4.78 is 0. The molecule has 0 saturated heterocycles. The first kappa shape index (κ1) is 14.2. The fourth-order valence-corrected chi connectivity index (χ4v) is 3.37. The van der Waals surface area contributed by atoms with Gasteiger partial charge in [-0.3, -0.25) is 0 Å². The Labute approximate surface area is 128 Å². The van der Waals surface area contributed by atoms with Crippen LogP contribution >= 0.6 is 0 Å². The largest absolute Gasteiger partial charge is 0.362 e. The highest BCUT2D eigenvalue weighted by molar-refractivity contribution is 5.64. The summed E-state index contributed by atoms with van der Waals surface area (Å²) in [5, 5.41) is 0. The third-order valence-corrected chi connectivity index (χ3v) is 4.50. The quantitative estimate of drug-likeness (QED) is 0.721. The zero-order valence-corrected chi connectivity index (χ0v) is 13.6. The normalized spacial score (nSPS) is 14.1. The number of nitrogens with zero attached hydrogens (tertiary/aromatic N) is 1. The van der Waals surface area contributed by atoms with Crippen LogP contribution in [0.25, 0.3) is 0 Å². The lowest BCUT2D eigenvalue weighted by molar-refractivity contribution is 0.786. The first-order valence-electron chi connectivity index (χ1n) is 8.02. The summed E-state index contributed by atoms with van der Waals surface area (Å²) >= 11 is 0. The van der Waals surface area contributed by atoms with Gasteiger partial charge >= 0.3 is 0 Å². The van der Waals surface area contributed by atoms with Gasteiger partial charge in [-0.05, 0) is 34.1 Å². The molecule has 1 aliphatic heterocycles. The van der Waals surface area contributed by atoms with Gasteiger partial charge in [0.25, 0.3) is 0 Å². The predicted octanol–water partition coefficient (Wildman–Crippen LogP) is 5.45. The molecule has 1 heteroatoms. The Morgan fingerprint density at radius 3 is 1.62 bits per heavy atom. The topological polar surface area (TPSA) is 3.24 Å². The van der Waals surface area contributed by atoms with E-state index in [4.69, 9.17) is 0 Å². The fourth-order valence-electron chi connectivity index (χ4n) is 3.37. The van der Waals surface area contributed by atoms with Crippen molar-refractivity contribution in [2.24, 2.45) is 0 Å². The summed E-state index contributed by atoms with van der Waals surface area (Å²) in [5.41, 5.74) is 7.39. The molecule has 1 nitrogen and oxygen atoms in total. The average molecular weight is 279 g/mol. The summed E-state index contributed by atoms with van der Waals surface area (Å²) in [6.07, 6.45) is 0. The van der Waals surface area contributed by atoms with Crippen molar-refractivity contribution in [3.05, 3.63) is 64.7 Å². The van der Waals surface area contributed by atoms with Crippen LogP contribution in [-0.4, -0.2) is 0 Å². The molecule has 0 bridgehead atoms. The lowest BCUT2D eigenvalue weighted by Crippen LogP contribution is -2.19. The zero-order valence-electron chi connectivity index (χ0n) is 13.6. The molecular formula is C20H25N. The van der Waals surface area contributed by atoms with Crippen LogP contribution < -0.4 is 4.90 Å². The smallest absolute Gasteiger partial charge is 0.0442 e. The molecule has 0 amide bonds. The van der Waals surface area contributed by atoms with Crippen LogP contribution in [0.2, 0.25) is 0 Å². The van der Waals surface area contributed by atoms with Gasteiger partial charge in [0.15, 0.2) is 0 Å². The highest BCUT2D eigenvalue weighted by Crippen LogP contribution is 2.39. The van der Waals surface area contributed by atoms with Crippen molar-refractivity contribution in [2.75, 3.05) is 4.90 Å². The van der Waals surface area contributed by atoms with E-state index in [-0.39, 0.29) is 0 Å². The van der Waals surface area contributed by atoms with Crippen molar-refractivity contribution in [2.45, 2.75) is 52.6 Å². The van der Waals surface area contributed by atoms with Gasteiger partial charge in [0.1, 0.15) is 0 Å². The molecule has 0 aromatic heterocycles. The van der Waals surface area contributed by atoms with Crippen molar-refractivity contribution in [3.63, 3.8) is 0 Å². The Morgan fingerprint density at radius 2 is 1.19 bits per heavy atom. The van der Waals surface area contributed by atoms with E-state index in [9.17, 15) is 0 Å². The number of hydrogen-bond donors (Lipinski definition) is 0. The Kier molecular flexibility index (Phi) is 3.75. The maximum Gasteiger partial charge on any atom is 0.0442 e. The summed E-state index contributed by atoms with van der Waals surface area (Å²) in [6, 6.07) is 15.7. The molecule has 0 fully saturated rings. The van der Waals surface area contributed by atoms with Crippen molar-refractivity contribution in [3.8, 4) is 0 Å². The van der Waals surface area contributed by atoms with E-state index in [1.54, 1.807) is 0 Å². The van der Waals surface area contributed by atoms with Gasteiger partial charge < -0.3 is 4.90 Å². The Bertz CT molecular complexity index is 589. The number of fused-ring (bicyclic) bond motifs is 1. The lowest BCUT2D eigenvalue weighted by atomic mass is 9.92. The van der Waals surface area contributed by atoms with Gasteiger partial charge in [-0.1, -0.05) is 70.2 Å². The first-order valence-corrected chi connectivity index (χ1v) is 8.02. The van der Waals surface area contributed by atoms with Gasteiger partial charge in [0, 0.05) is 18.8 Å². The van der Waals surface area contributed by atoms with Crippen molar-refractivity contribution >= 4 is 5.69 Å². The number of rotatable bonds is 3. The molecule has 21 heavy (non-hydrogen) atoms. The van der Waals surface area contributed by atoms with Crippen LogP contribution in [0.15, 0.2) is 42.5 Å². The SMILES string of the molecule is CC(C)c1cccc(C(C)C)c1N1Cc2ccccc2C1. The van der Waals surface area contributed by atoms with E-state index >= 15 is 0 Å². The second kappa shape index (κ2) is 5.55. The van der Waals surface area contributed by atoms with Crippen LogP contribution in [0.1, 0.15) is 61.8 Å². The molecule has 3 rings (SSSR count). The van der Waals surface area contributed by atoms with Crippen LogP contribution in [0, 0.1) is 0 Å². The second-order valence-corrected chi connectivity index (χ2v) is 6.72. The fraction of sp³-hybridized carbons (Fsp3) is 0.400. The molecule has 0 saturated carbocycles. The number of hydrogen-bond acceptors (Lipinski definition) is 1.